The Bertz CT molecular complexity index is 396. The van der Waals surface area contributed by atoms with Crippen LogP contribution in [0.4, 0.5) is 0 Å². The predicted octanol–water partition coefficient (Wildman–Crippen LogP) is 5.08. The fourth-order valence-corrected chi connectivity index (χ4v) is 3.80. The molecule has 0 aliphatic heterocycles. The van der Waals surface area contributed by atoms with E-state index < -0.39 is 0 Å². The highest BCUT2D eigenvalue weighted by Crippen LogP contribution is 2.33. The van der Waals surface area contributed by atoms with E-state index in [0.29, 0.717) is 6.04 Å². The Balaban J connectivity index is 1.96. The van der Waals surface area contributed by atoms with Gasteiger partial charge in [0, 0.05) is 11.1 Å². The number of benzene rings is 1. The van der Waals surface area contributed by atoms with Crippen molar-refractivity contribution >= 4 is 11.6 Å². The summed E-state index contributed by atoms with van der Waals surface area (Å²) in [5, 5.41) is 4.56. The first-order valence-electron chi connectivity index (χ1n) is 8.20. The highest BCUT2D eigenvalue weighted by Gasteiger charge is 2.26. The van der Waals surface area contributed by atoms with E-state index in [-0.39, 0.29) is 0 Å². The summed E-state index contributed by atoms with van der Waals surface area (Å²) >= 11 is 6.11. The standard InChI is InChI=1S/C18H28ClN/c1-3-14-8-10-16(11-9-14)18(20-4-2)13-15-6-5-7-17(19)12-15/h5-7,12,14,16,18,20H,3-4,8-11,13H2,1-2H3. The minimum Gasteiger partial charge on any atom is -0.314 e. The van der Waals surface area contributed by atoms with Crippen LogP contribution in [0.25, 0.3) is 0 Å². The van der Waals surface area contributed by atoms with Crippen molar-refractivity contribution in [1.82, 2.24) is 5.32 Å². The number of nitrogens with one attached hydrogen (secondary N) is 1. The van der Waals surface area contributed by atoms with Crippen molar-refractivity contribution in [3.05, 3.63) is 34.9 Å². The third kappa shape index (κ3) is 4.49. The quantitative estimate of drug-likeness (QED) is 0.771. The van der Waals surface area contributed by atoms with Crippen LogP contribution >= 0.6 is 11.6 Å². The second kappa shape index (κ2) is 8.05. The second-order valence-corrected chi connectivity index (χ2v) is 6.62. The molecule has 0 spiro atoms. The molecule has 1 aliphatic carbocycles. The number of hydrogen-bond donors (Lipinski definition) is 1. The maximum absolute atomic E-state index is 6.11. The molecule has 1 N–H and O–H groups in total. The van der Waals surface area contributed by atoms with Gasteiger partial charge in [-0.25, -0.2) is 0 Å². The molecular weight excluding hydrogens is 266 g/mol. The number of halogens is 1. The van der Waals surface area contributed by atoms with Gasteiger partial charge < -0.3 is 5.32 Å². The topological polar surface area (TPSA) is 12.0 Å². The van der Waals surface area contributed by atoms with Gasteiger partial charge in [-0.1, -0.05) is 56.8 Å². The second-order valence-electron chi connectivity index (χ2n) is 6.19. The first kappa shape index (κ1) is 15.9. The monoisotopic (exact) mass is 293 g/mol. The smallest absolute Gasteiger partial charge is 0.0408 e. The van der Waals surface area contributed by atoms with Crippen molar-refractivity contribution in [1.29, 1.82) is 0 Å². The summed E-state index contributed by atoms with van der Waals surface area (Å²) in [4.78, 5) is 0. The van der Waals surface area contributed by atoms with Crippen LogP contribution in [0.1, 0.15) is 51.5 Å². The van der Waals surface area contributed by atoms with Gasteiger partial charge in [0.25, 0.3) is 0 Å². The predicted molar refractivity (Wildman–Crippen MR) is 88.4 cm³/mol. The fraction of sp³-hybridized carbons (Fsp3) is 0.667. The molecule has 2 rings (SSSR count). The van der Waals surface area contributed by atoms with E-state index in [9.17, 15) is 0 Å². The van der Waals surface area contributed by atoms with Crippen LogP contribution in [-0.2, 0) is 6.42 Å². The molecule has 1 unspecified atom stereocenters. The summed E-state index contributed by atoms with van der Waals surface area (Å²) in [5.41, 5.74) is 1.36. The molecule has 1 saturated carbocycles. The van der Waals surface area contributed by atoms with E-state index in [0.717, 1.165) is 29.8 Å². The van der Waals surface area contributed by atoms with Crippen LogP contribution in [0.15, 0.2) is 24.3 Å². The van der Waals surface area contributed by atoms with Crippen molar-refractivity contribution < 1.29 is 0 Å². The minimum atomic E-state index is 0.608. The Morgan fingerprint density at radius 3 is 2.55 bits per heavy atom. The normalized spacial score (nSPS) is 24.6. The van der Waals surface area contributed by atoms with E-state index in [1.54, 1.807) is 0 Å². The molecule has 112 valence electrons. The molecule has 1 atom stereocenters. The van der Waals surface area contributed by atoms with Crippen LogP contribution in [0.5, 0.6) is 0 Å². The molecule has 0 amide bonds. The summed E-state index contributed by atoms with van der Waals surface area (Å²) in [6.45, 7) is 5.60. The molecule has 0 radical (unpaired) electrons. The summed E-state index contributed by atoms with van der Waals surface area (Å²) in [5.74, 6) is 1.80. The van der Waals surface area contributed by atoms with Crippen molar-refractivity contribution in [3.63, 3.8) is 0 Å². The molecule has 1 aliphatic rings. The lowest BCUT2D eigenvalue weighted by molar-refractivity contribution is 0.218. The highest BCUT2D eigenvalue weighted by molar-refractivity contribution is 6.30. The van der Waals surface area contributed by atoms with Gasteiger partial charge in [-0.3, -0.25) is 0 Å². The van der Waals surface area contributed by atoms with E-state index in [4.69, 9.17) is 11.6 Å². The maximum Gasteiger partial charge on any atom is 0.0408 e. The Morgan fingerprint density at radius 2 is 1.95 bits per heavy atom. The largest absolute Gasteiger partial charge is 0.314 e. The number of rotatable bonds is 6. The molecule has 2 heteroatoms. The zero-order valence-electron chi connectivity index (χ0n) is 12.9. The van der Waals surface area contributed by atoms with Crippen molar-refractivity contribution in [2.45, 2.75) is 58.4 Å². The van der Waals surface area contributed by atoms with Gasteiger partial charge in [0.2, 0.25) is 0 Å². The van der Waals surface area contributed by atoms with Crippen molar-refractivity contribution in [2.24, 2.45) is 11.8 Å². The Morgan fingerprint density at radius 1 is 1.20 bits per heavy atom. The highest BCUT2D eigenvalue weighted by atomic mass is 35.5. The van der Waals surface area contributed by atoms with Crippen LogP contribution in [0, 0.1) is 11.8 Å². The lowest BCUT2D eigenvalue weighted by Gasteiger charge is -2.34. The van der Waals surface area contributed by atoms with Gasteiger partial charge in [-0.15, -0.1) is 0 Å². The summed E-state index contributed by atoms with van der Waals surface area (Å²) in [7, 11) is 0. The van der Waals surface area contributed by atoms with Crippen molar-refractivity contribution in [2.75, 3.05) is 6.54 Å². The maximum atomic E-state index is 6.11. The Labute approximate surface area is 129 Å². The van der Waals surface area contributed by atoms with Gasteiger partial charge in [-0.2, -0.15) is 0 Å². The van der Waals surface area contributed by atoms with Crippen LogP contribution in [0.2, 0.25) is 5.02 Å². The molecule has 0 aromatic heterocycles. The van der Waals surface area contributed by atoms with E-state index in [1.807, 2.05) is 6.07 Å². The molecule has 1 aromatic rings. The van der Waals surface area contributed by atoms with Gasteiger partial charge in [0.05, 0.1) is 0 Å². The first-order chi connectivity index (χ1) is 9.72. The zero-order valence-corrected chi connectivity index (χ0v) is 13.6. The van der Waals surface area contributed by atoms with Gasteiger partial charge >= 0.3 is 0 Å². The zero-order chi connectivity index (χ0) is 14.4. The Kier molecular flexibility index (Phi) is 6.38. The number of likely N-dealkylation sites (N-methyl/N-ethyl adjacent to an activating group) is 1. The fourth-order valence-electron chi connectivity index (χ4n) is 3.58. The van der Waals surface area contributed by atoms with E-state index in [2.05, 4.69) is 37.4 Å². The number of hydrogen-bond acceptors (Lipinski definition) is 1. The molecule has 0 heterocycles. The molecule has 20 heavy (non-hydrogen) atoms. The minimum absolute atomic E-state index is 0.608. The first-order valence-corrected chi connectivity index (χ1v) is 8.58. The van der Waals surface area contributed by atoms with Gasteiger partial charge in [0.15, 0.2) is 0 Å². The van der Waals surface area contributed by atoms with E-state index >= 15 is 0 Å². The molecule has 1 nitrogen and oxygen atoms in total. The summed E-state index contributed by atoms with van der Waals surface area (Å²) in [6.07, 6.45) is 8.06. The lowest BCUT2D eigenvalue weighted by atomic mass is 9.76. The van der Waals surface area contributed by atoms with Crippen LogP contribution < -0.4 is 5.32 Å². The van der Waals surface area contributed by atoms with Gasteiger partial charge in [-0.05, 0) is 55.3 Å². The average molecular weight is 294 g/mol. The molecular formula is C18H28ClN. The SMILES string of the molecule is CCNC(Cc1cccc(Cl)c1)C1CCC(CC)CC1. The molecule has 0 bridgehead atoms. The third-order valence-corrected chi connectivity index (χ3v) is 5.08. The molecule has 1 fully saturated rings. The van der Waals surface area contributed by atoms with Crippen LogP contribution in [-0.4, -0.2) is 12.6 Å². The van der Waals surface area contributed by atoms with Crippen molar-refractivity contribution in [3.8, 4) is 0 Å². The average Bonchev–Trinajstić information content (AvgIpc) is 2.47. The molecule has 0 saturated heterocycles. The Hall–Kier alpha value is -0.530. The summed E-state index contributed by atoms with van der Waals surface area (Å²) < 4.78 is 0. The van der Waals surface area contributed by atoms with E-state index in [1.165, 1.54) is 37.7 Å². The third-order valence-electron chi connectivity index (χ3n) is 4.85. The lowest BCUT2D eigenvalue weighted by Crippen LogP contribution is -2.39. The van der Waals surface area contributed by atoms with Crippen LogP contribution in [0.3, 0.4) is 0 Å². The molecule has 1 aromatic carbocycles. The summed E-state index contributed by atoms with van der Waals surface area (Å²) in [6, 6.07) is 8.95. The van der Waals surface area contributed by atoms with Gasteiger partial charge in [0.1, 0.15) is 0 Å².